The highest BCUT2D eigenvalue weighted by Gasteiger charge is 2.18. The summed E-state index contributed by atoms with van der Waals surface area (Å²) >= 11 is 1.30. The summed E-state index contributed by atoms with van der Waals surface area (Å²) in [5.41, 5.74) is 0.882. The maximum absolute atomic E-state index is 13.1. The Kier molecular flexibility index (Phi) is 4.91. The fourth-order valence-electron chi connectivity index (χ4n) is 2.59. The number of hydrogen-bond donors (Lipinski definition) is 1. The molecule has 0 amide bonds. The lowest BCUT2D eigenvalue weighted by Gasteiger charge is -2.10. The van der Waals surface area contributed by atoms with E-state index in [1.54, 1.807) is 17.5 Å². The molecule has 0 atom stereocenters. The van der Waals surface area contributed by atoms with Gasteiger partial charge in [-0.1, -0.05) is 12.1 Å². The van der Waals surface area contributed by atoms with E-state index in [2.05, 4.69) is 4.98 Å². The molecule has 6 nitrogen and oxygen atoms in total. The van der Waals surface area contributed by atoms with Gasteiger partial charge in [-0.25, -0.2) is 9.37 Å². The van der Waals surface area contributed by atoms with Crippen LogP contribution in [0.2, 0.25) is 0 Å². The molecule has 0 radical (unpaired) electrons. The molecule has 1 N–H and O–H groups in total. The molecule has 0 saturated carbocycles. The molecule has 0 aliphatic rings. The van der Waals surface area contributed by atoms with Crippen molar-refractivity contribution >= 4 is 27.5 Å². The first kappa shape index (κ1) is 17.2. The van der Waals surface area contributed by atoms with E-state index in [1.165, 1.54) is 30.6 Å². The van der Waals surface area contributed by atoms with E-state index in [4.69, 9.17) is 9.84 Å². The molecule has 25 heavy (non-hydrogen) atoms. The van der Waals surface area contributed by atoms with Crippen LogP contribution in [0, 0.1) is 5.82 Å². The molecular formula is C17H15FN2O4S. The number of carboxylic acid groups (broad SMARTS) is 1. The highest BCUT2D eigenvalue weighted by Crippen LogP contribution is 2.31. The number of ether oxygens (including phenoxy) is 1. The number of carbonyl (C=O) groups is 1. The van der Waals surface area contributed by atoms with Gasteiger partial charge in [0.1, 0.15) is 23.0 Å². The topological polar surface area (TPSA) is 81.4 Å². The molecule has 3 aromatic rings. The Morgan fingerprint density at radius 3 is 2.72 bits per heavy atom. The van der Waals surface area contributed by atoms with Gasteiger partial charge in [-0.2, -0.15) is 0 Å². The van der Waals surface area contributed by atoms with Crippen LogP contribution < -0.4 is 5.56 Å². The number of aliphatic carboxylic acids is 1. The minimum atomic E-state index is -1.12. The van der Waals surface area contributed by atoms with Crippen LogP contribution in [0.4, 0.5) is 4.39 Å². The van der Waals surface area contributed by atoms with Crippen molar-refractivity contribution in [3.8, 4) is 11.1 Å². The second-order valence-corrected chi connectivity index (χ2v) is 6.25. The third-order valence-electron chi connectivity index (χ3n) is 3.75. The van der Waals surface area contributed by atoms with Crippen LogP contribution in [0.5, 0.6) is 0 Å². The Balaban J connectivity index is 2.21. The maximum Gasteiger partial charge on any atom is 0.323 e. The molecule has 0 bridgehead atoms. The summed E-state index contributed by atoms with van der Waals surface area (Å²) in [6.45, 7) is -0.146. The molecule has 2 heterocycles. The van der Waals surface area contributed by atoms with Crippen LogP contribution >= 0.6 is 11.3 Å². The predicted octanol–water partition coefficient (Wildman–Crippen LogP) is 2.54. The van der Waals surface area contributed by atoms with E-state index in [1.807, 2.05) is 0 Å². The molecule has 0 aliphatic carbocycles. The molecular weight excluding hydrogens is 347 g/mol. The summed E-state index contributed by atoms with van der Waals surface area (Å²) in [5.74, 6) is -1.12. The van der Waals surface area contributed by atoms with Crippen molar-refractivity contribution in [2.45, 2.75) is 13.0 Å². The Hall–Kier alpha value is -2.58. The number of halogens is 1. The van der Waals surface area contributed by atoms with E-state index >= 15 is 0 Å². The number of methoxy groups -OCH3 is 1. The summed E-state index contributed by atoms with van der Waals surface area (Å²) in [6, 6.07) is 5.79. The minimum absolute atomic E-state index is 0.327. The van der Waals surface area contributed by atoms with Crippen molar-refractivity contribution in [3.05, 3.63) is 51.6 Å². The van der Waals surface area contributed by atoms with Crippen LogP contribution in [0.3, 0.4) is 0 Å². The highest BCUT2D eigenvalue weighted by atomic mass is 32.1. The van der Waals surface area contributed by atoms with Gasteiger partial charge in [0.2, 0.25) is 0 Å². The standard InChI is InChI=1S/C17H15FN2O4S/c1-24-7-6-13-19-16-15(17(23)20(13)8-14(21)22)12(9-25-16)10-2-4-11(18)5-3-10/h2-5,9H,6-8H2,1H3,(H,21,22). The normalized spacial score (nSPS) is 11.1. The molecule has 0 spiro atoms. The minimum Gasteiger partial charge on any atom is -0.480 e. The van der Waals surface area contributed by atoms with E-state index in [-0.39, 0.29) is 5.82 Å². The number of fused-ring (bicyclic) bond motifs is 1. The van der Waals surface area contributed by atoms with Crippen LogP contribution in [0.15, 0.2) is 34.4 Å². The Labute approximate surface area is 146 Å². The van der Waals surface area contributed by atoms with Crippen molar-refractivity contribution in [2.75, 3.05) is 13.7 Å². The molecule has 0 aliphatic heterocycles. The molecule has 130 valence electrons. The number of carboxylic acids is 1. The average molecular weight is 362 g/mol. The van der Waals surface area contributed by atoms with Gasteiger partial charge in [0.15, 0.2) is 0 Å². The van der Waals surface area contributed by atoms with Gasteiger partial charge in [0.05, 0.1) is 12.0 Å². The molecule has 0 unspecified atom stereocenters. The zero-order valence-electron chi connectivity index (χ0n) is 13.4. The SMILES string of the molecule is COCCc1nc2scc(-c3ccc(F)cc3)c2c(=O)n1CC(=O)O. The van der Waals surface area contributed by atoms with Crippen LogP contribution in [0.25, 0.3) is 21.3 Å². The molecule has 8 heteroatoms. The predicted molar refractivity (Wildman–Crippen MR) is 92.5 cm³/mol. The monoisotopic (exact) mass is 362 g/mol. The quantitative estimate of drug-likeness (QED) is 0.729. The summed E-state index contributed by atoms with van der Waals surface area (Å²) in [4.78, 5) is 29.1. The Morgan fingerprint density at radius 1 is 1.36 bits per heavy atom. The number of hydrogen-bond acceptors (Lipinski definition) is 5. The van der Waals surface area contributed by atoms with Crippen molar-refractivity contribution in [1.82, 2.24) is 9.55 Å². The summed E-state index contributed by atoms with van der Waals surface area (Å²) in [5, 5.41) is 11.2. The lowest BCUT2D eigenvalue weighted by molar-refractivity contribution is -0.137. The van der Waals surface area contributed by atoms with Gasteiger partial charge in [-0.05, 0) is 17.7 Å². The van der Waals surface area contributed by atoms with Crippen molar-refractivity contribution in [1.29, 1.82) is 0 Å². The molecule has 2 aromatic heterocycles. The molecule has 3 rings (SSSR count). The van der Waals surface area contributed by atoms with Gasteiger partial charge in [-0.3, -0.25) is 14.2 Å². The molecule has 0 fully saturated rings. The number of rotatable bonds is 6. The molecule has 1 aromatic carbocycles. The Bertz CT molecular complexity index is 979. The van der Waals surface area contributed by atoms with Crippen LogP contribution in [0.1, 0.15) is 5.82 Å². The smallest absolute Gasteiger partial charge is 0.323 e. The van der Waals surface area contributed by atoms with Crippen molar-refractivity contribution in [2.24, 2.45) is 0 Å². The fraction of sp³-hybridized carbons (Fsp3) is 0.235. The first-order valence-corrected chi connectivity index (χ1v) is 8.37. The zero-order valence-corrected chi connectivity index (χ0v) is 14.2. The van der Waals surface area contributed by atoms with Crippen LogP contribution in [-0.4, -0.2) is 34.3 Å². The second-order valence-electron chi connectivity index (χ2n) is 5.39. The third kappa shape index (κ3) is 3.45. The summed E-state index contributed by atoms with van der Waals surface area (Å²) in [6.07, 6.45) is 0.332. The lowest BCUT2D eigenvalue weighted by Crippen LogP contribution is -2.29. The van der Waals surface area contributed by atoms with Crippen molar-refractivity contribution < 1.29 is 19.0 Å². The Morgan fingerprint density at radius 2 is 2.08 bits per heavy atom. The van der Waals surface area contributed by atoms with Gasteiger partial charge in [0.25, 0.3) is 5.56 Å². The zero-order chi connectivity index (χ0) is 18.0. The average Bonchev–Trinajstić information content (AvgIpc) is 3.00. The van der Waals surface area contributed by atoms with E-state index in [0.29, 0.717) is 40.2 Å². The maximum atomic E-state index is 13.1. The highest BCUT2D eigenvalue weighted by molar-refractivity contribution is 7.17. The third-order valence-corrected chi connectivity index (χ3v) is 4.62. The summed E-state index contributed by atoms with van der Waals surface area (Å²) in [7, 11) is 1.52. The van der Waals surface area contributed by atoms with Gasteiger partial charge >= 0.3 is 5.97 Å². The second kappa shape index (κ2) is 7.12. The number of thiophene rings is 1. The van der Waals surface area contributed by atoms with Crippen molar-refractivity contribution in [3.63, 3.8) is 0 Å². The first-order chi connectivity index (χ1) is 12.0. The number of aromatic nitrogens is 2. The first-order valence-electron chi connectivity index (χ1n) is 7.49. The lowest BCUT2D eigenvalue weighted by atomic mass is 10.1. The van der Waals surface area contributed by atoms with Gasteiger partial charge in [-0.15, -0.1) is 11.3 Å². The number of nitrogens with zero attached hydrogens (tertiary/aromatic N) is 2. The van der Waals surface area contributed by atoms with E-state index in [9.17, 15) is 14.0 Å². The largest absolute Gasteiger partial charge is 0.480 e. The van der Waals surface area contributed by atoms with Crippen LogP contribution in [-0.2, 0) is 22.5 Å². The molecule has 0 saturated heterocycles. The van der Waals surface area contributed by atoms with E-state index in [0.717, 1.165) is 4.57 Å². The summed E-state index contributed by atoms with van der Waals surface area (Å²) < 4.78 is 19.3. The number of benzene rings is 1. The van der Waals surface area contributed by atoms with E-state index < -0.39 is 18.1 Å². The van der Waals surface area contributed by atoms with Gasteiger partial charge in [0, 0.05) is 24.5 Å². The van der Waals surface area contributed by atoms with Gasteiger partial charge < -0.3 is 9.84 Å². The fourth-order valence-corrected chi connectivity index (χ4v) is 3.55.